The number of nitrogens with zero attached hydrogens (tertiary/aromatic N) is 2. The third-order valence-corrected chi connectivity index (χ3v) is 3.33. The molecule has 24 heavy (non-hydrogen) atoms. The molecule has 5 nitrogen and oxygen atoms in total. The fourth-order valence-electron chi connectivity index (χ4n) is 2.35. The molecule has 1 N–H and O–H groups in total. The Labute approximate surface area is 141 Å². The first-order valence-electron chi connectivity index (χ1n) is 8.09. The van der Waals surface area contributed by atoms with Crippen molar-refractivity contribution in [3.63, 3.8) is 0 Å². The zero-order valence-electron chi connectivity index (χ0n) is 14.1. The number of hydrogen-bond donors (Lipinski definition) is 1. The van der Waals surface area contributed by atoms with Gasteiger partial charge in [0.15, 0.2) is 0 Å². The number of nitrogens with one attached hydrogen (secondary N) is 1. The minimum absolute atomic E-state index is 0.118. The number of benzene rings is 1. The molecule has 0 fully saturated rings. The Morgan fingerprint density at radius 3 is 2.58 bits per heavy atom. The van der Waals surface area contributed by atoms with E-state index in [2.05, 4.69) is 28.3 Å². The number of rotatable bonds is 6. The molecule has 0 aliphatic carbocycles. The second kappa shape index (κ2) is 7.17. The van der Waals surface area contributed by atoms with Crippen LogP contribution in [0.3, 0.4) is 0 Å². The highest BCUT2D eigenvalue weighted by molar-refractivity contribution is 5.82. The van der Waals surface area contributed by atoms with E-state index in [1.54, 1.807) is 12.3 Å². The number of ether oxygens (including phenoxy) is 2. The molecule has 2 aromatic heterocycles. The molecule has 0 amide bonds. The lowest BCUT2D eigenvalue weighted by molar-refractivity contribution is 0.241. The number of anilines is 1. The third-order valence-electron chi connectivity index (χ3n) is 3.33. The Balaban J connectivity index is 1.76. The van der Waals surface area contributed by atoms with Crippen molar-refractivity contribution in [3.05, 3.63) is 48.7 Å². The maximum atomic E-state index is 5.73. The van der Waals surface area contributed by atoms with Crippen molar-refractivity contribution in [2.75, 3.05) is 11.9 Å². The lowest BCUT2D eigenvalue weighted by Crippen LogP contribution is -2.05. The summed E-state index contributed by atoms with van der Waals surface area (Å²) >= 11 is 0. The Morgan fingerprint density at radius 2 is 1.88 bits per heavy atom. The second-order valence-electron chi connectivity index (χ2n) is 5.69. The minimum Gasteiger partial charge on any atom is -0.489 e. The summed E-state index contributed by atoms with van der Waals surface area (Å²) in [6.45, 7) is 6.92. The van der Waals surface area contributed by atoms with Crippen LogP contribution in [0.15, 0.2) is 48.7 Å². The Kier molecular flexibility index (Phi) is 4.79. The molecule has 5 heteroatoms. The van der Waals surface area contributed by atoms with Gasteiger partial charge in [-0.1, -0.05) is 0 Å². The van der Waals surface area contributed by atoms with Crippen molar-refractivity contribution < 1.29 is 9.47 Å². The zero-order chi connectivity index (χ0) is 16.9. The topological polar surface area (TPSA) is 56.3 Å². The van der Waals surface area contributed by atoms with Crippen LogP contribution in [-0.4, -0.2) is 22.6 Å². The lowest BCUT2D eigenvalue weighted by atomic mass is 10.2. The smallest absolute Gasteiger partial charge is 0.221 e. The fourth-order valence-corrected chi connectivity index (χ4v) is 2.35. The van der Waals surface area contributed by atoms with Crippen molar-refractivity contribution in [1.29, 1.82) is 0 Å². The van der Waals surface area contributed by atoms with Gasteiger partial charge in [0, 0.05) is 29.8 Å². The van der Waals surface area contributed by atoms with Crippen molar-refractivity contribution >= 4 is 16.6 Å². The van der Waals surface area contributed by atoms with Gasteiger partial charge in [0.2, 0.25) is 11.8 Å². The summed E-state index contributed by atoms with van der Waals surface area (Å²) in [4.78, 5) is 8.77. The Hall–Kier alpha value is -2.82. The number of fused-ring (bicyclic) bond motifs is 1. The summed E-state index contributed by atoms with van der Waals surface area (Å²) < 4.78 is 11.3. The first-order chi connectivity index (χ1) is 11.6. The quantitative estimate of drug-likeness (QED) is 0.716. The first kappa shape index (κ1) is 16.1. The van der Waals surface area contributed by atoms with Gasteiger partial charge in [0.25, 0.3) is 0 Å². The molecule has 0 bridgehead atoms. The Bertz CT molecular complexity index is 816. The van der Waals surface area contributed by atoms with E-state index in [0.717, 1.165) is 28.9 Å². The van der Waals surface area contributed by atoms with Crippen molar-refractivity contribution in [2.24, 2.45) is 0 Å². The SMILES string of the molecule is CCNc1ccc2nc(Oc3ccc(OC(C)C)cn3)ccc2c1. The largest absolute Gasteiger partial charge is 0.489 e. The van der Waals surface area contributed by atoms with Gasteiger partial charge < -0.3 is 14.8 Å². The van der Waals surface area contributed by atoms with Crippen LogP contribution in [0.5, 0.6) is 17.5 Å². The maximum Gasteiger partial charge on any atom is 0.221 e. The molecule has 0 saturated heterocycles. The van der Waals surface area contributed by atoms with E-state index in [4.69, 9.17) is 9.47 Å². The van der Waals surface area contributed by atoms with E-state index in [9.17, 15) is 0 Å². The van der Waals surface area contributed by atoms with Crippen molar-refractivity contribution in [2.45, 2.75) is 26.9 Å². The average molecular weight is 323 g/mol. The number of pyridine rings is 2. The van der Waals surface area contributed by atoms with Crippen molar-refractivity contribution in [3.8, 4) is 17.5 Å². The molecular formula is C19H21N3O2. The molecular weight excluding hydrogens is 302 g/mol. The van der Waals surface area contributed by atoms with E-state index < -0.39 is 0 Å². The van der Waals surface area contributed by atoms with Gasteiger partial charge in [-0.3, -0.25) is 0 Å². The van der Waals surface area contributed by atoms with E-state index in [0.29, 0.717) is 11.8 Å². The standard InChI is InChI=1S/C19H21N3O2/c1-4-20-15-6-8-17-14(11-15)5-9-19(22-17)24-18-10-7-16(12-21-18)23-13(2)3/h5-13,20H,4H2,1-3H3. The molecule has 0 unspecified atom stereocenters. The van der Waals surface area contributed by atoms with Gasteiger partial charge in [0.1, 0.15) is 5.75 Å². The fraction of sp³-hybridized carbons (Fsp3) is 0.263. The Morgan fingerprint density at radius 1 is 1.04 bits per heavy atom. The molecule has 3 aromatic rings. The average Bonchev–Trinajstić information content (AvgIpc) is 2.57. The van der Waals surface area contributed by atoms with Crippen LogP contribution < -0.4 is 14.8 Å². The van der Waals surface area contributed by atoms with Crippen LogP contribution in [0.4, 0.5) is 5.69 Å². The summed E-state index contributed by atoms with van der Waals surface area (Å²) in [5.41, 5.74) is 1.97. The summed E-state index contributed by atoms with van der Waals surface area (Å²) in [5, 5.41) is 4.36. The summed E-state index contributed by atoms with van der Waals surface area (Å²) in [6, 6.07) is 13.5. The van der Waals surface area contributed by atoms with Crippen LogP contribution >= 0.6 is 0 Å². The van der Waals surface area contributed by atoms with Crippen LogP contribution in [-0.2, 0) is 0 Å². The third kappa shape index (κ3) is 3.93. The van der Waals surface area contributed by atoms with Gasteiger partial charge in [-0.2, -0.15) is 0 Å². The van der Waals surface area contributed by atoms with Gasteiger partial charge in [0.05, 0.1) is 17.8 Å². The molecule has 0 saturated carbocycles. The summed E-state index contributed by atoms with van der Waals surface area (Å²) in [5.74, 6) is 1.73. The molecule has 0 aliphatic heterocycles. The zero-order valence-corrected chi connectivity index (χ0v) is 14.1. The van der Waals surface area contributed by atoms with Gasteiger partial charge in [-0.05, 0) is 51.1 Å². The van der Waals surface area contributed by atoms with Crippen LogP contribution in [0.2, 0.25) is 0 Å². The maximum absolute atomic E-state index is 5.73. The van der Waals surface area contributed by atoms with Gasteiger partial charge in [-0.15, -0.1) is 0 Å². The molecule has 2 heterocycles. The van der Waals surface area contributed by atoms with E-state index >= 15 is 0 Å². The summed E-state index contributed by atoms with van der Waals surface area (Å²) in [7, 11) is 0. The molecule has 0 atom stereocenters. The minimum atomic E-state index is 0.118. The predicted octanol–water partition coefficient (Wildman–Crippen LogP) is 4.64. The van der Waals surface area contributed by atoms with Crippen LogP contribution in [0.1, 0.15) is 20.8 Å². The molecule has 3 rings (SSSR count). The van der Waals surface area contributed by atoms with Crippen molar-refractivity contribution in [1.82, 2.24) is 9.97 Å². The first-order valence-corrected chi connectivity index (χ1v) is 8.09. The highest BCUT2D eigenvalue weighted by Gasteiger charge is 2.04. The second-order valence-corrected chi connectivity index (χ2v) is 5.69. The highest BCUT2D eigenvalue weighted by Crippen LogP contribution is 2.24. The van der Waals surface area contributed by atoms with Crippen LogP contribution in [0, 0.1) is 0 Å². The normalized spacial score (nSPS) is 10.8. The summed E-state index contributed by atoms with van der Waals surface area (Å²) in [6.07, 6.45) is 1.77. The predicted molar refractivity (Wildman–Crippen MR) is 96.0 cm³/mol. The molecule has 124 valence electrons. The number of aromatic nitrogens is 2. The van der Waals surface area contributed by atoms with E-state index in [1.807, 2.05) is 44.2 Å². The molecule has 0 radical (unpaired) electrons. The molecule has 1 aromatic carbocycles. The number of hydrogen-bond acceptors (Lipinski definition) is 5. The highest BCUT2D eigenvalue weighted by atomic mass is 16.5. The lowest BCUT2D eigenvalue weighted by Gasteiger charge is -2.10. The molecule has 0 spiro atoms. The molecule has 0 aliphatic rings. The van der Waals surface area contributed by atoms with Crippen LogP contribution in [0.25, 0.3) is 10.9 Å². The van der Waals surface area contributed by atoms with E-state index in [1.165, 1.54) is 0 Å². The monoisotopic (exact) mass is 323 g/mol. The van der Waals surface area contributed by atoms with Gasteiger partial charge >= 0.3 is 0 Å². The van der Waals surface area contributed by atoms with Gasteiger partial charge in [-0.25, -0.2) is 9.97 Å². The van der Waals surface area contributed by atoms with E-state index in [-0.39, 0.29) is 6.10 Å².